The Kier molecular flexibility index (Phi) is 6.09. The molecule has 0 nitrogen and oxygen atoms in total. The third kappa shape index (κ3) is 2.95. The number of hydrogen-bond donors (Lipinski definition) is 1. The van der Waals surface area contributed by atoms with E-state index in [2.05, 4.69) is 30.9 Å². The second-order valence-electron chi connectivity index (χ2n) is 2.20. The molecule has 0 atom stereocenters. The van der Waals surface area contributed by atoms with Crippen molar-refractivity contribution < 1.29 is 17.9 Å². The molecule has 0 fully saturated rings. The predicted octanol–water partition coefficient (Wildman–Crippen LogP) is 2.64. The summed E-state index contributed by atoms with van der Waals surface area (Å²) in [5.41, 5.74) is 0. The Bertz CT molecular complexity index is 55.9. The molecule has 0 spiro atoms. The van der Waals surface area contributed by atoms with E-state index in [1.54, 1.807) is 0 Å². The second-order valence-corrected chi connectivity index (χ2v) is 18.3. The van der Waals surface area contributed by atoms with E-state index < -0.39 is 5.15 Å². The molecule has 0 aliphatic carbocycles. The summed E-state index contributed by atoms with van der Waals surface area (Å²) in [6.45, 7) is 7.02. The Morgan fingerprint density at radius 3 is 1.44 bits per heavy atom. The first-order chi connectivity index (χ1) is 4.24. The van der Waals surface area contributed by atoms with Crippen molar-refractivity contribution in [3.05, 3.63) is 0 Å². The van der Waals surface area contributed by atoms with Gasteiger partial charge in [-0.1, -0.05) is 0 Å². The molecule has 0 saturated carbocycles. The van der Waals surface area contributed by atoms with Crippen LogP contribution in [-0.4, -0.2) is 18.5 Å². The van der Waals surface area contributed by atoms with Gasteiger partial charge in [0.15, 0.2) is 0 Å². The molecule has 3 heteroatoms. The molecular formula is C6H17AuPS. The van der Waals surface area contributed by atoms with Gasteiger partial charge in [-0.15, -0.1) is 0 Å². The summed E-state index contributed by atoms with van der Waals surface area (Å²) >= 11 is 0.391. The van der Waals surface area contributed by atoms with E-state index in [-0.39, 0.29) is 0 Å². The van der Waals surface area contributed by atoms with Gasteiger partial charge >= 0.3 is 72.4 Å². The maximum absolute atomic E-state index is 4.50. The topological polar surface area (TPSA) is 0 Å². The van der Waals surface area contributed by atoms with Crippen LogP contribution in [0.25, 0.3) is 0 Å². The standard InChI is InChI=1S/C6H15P.Au.H2S/c1-4-7(5-2)6-3;;/h4-6H2,1-3H3;;1H2. The fraction of sp³-hybridized carbons (Fsp3) is 1.00. The molecule has 0 rings (SSSR count). The van der Waals surface area contributed by atoms with Crippen molar-refractivity contribution in [1.29, 1.82) is 0 Å². The molecule has 0 radical (unpaired) electrons. The van der Waals surface area contributed by atoms with Gasteiger partial charge in [0.1, 0.15) is 0 Å². The zero-order chi connectivity index (χ0) is 7.33. The first-order valence-corrected chi connectivity index (χ1v) is 12.3. The van der Waals surface area contributed by atoms with Gasteiger partial charge in [-0.05, 0) is 0 Å². The van der Waals surface area contributed by atoms with Crippen LogP contribution in [0.3, 0.4) is 0 Å². The molecule has 0 unspecified atom stereocenters. The van der Waals surface area contributed by atoms with E-state index in [0.29, 0.717) is 17.9 Å². The summed E-state index contributed by atoms with van der Waals surface area (Å²) < 4.78 is 0. The SMILES string of the molecule is CC[PH](CC)(CC)[Au][SH]. The van der Waals surface area contributed by atoms with Crippen LogP contribution in [0.15, 0.2) is 0 Å². The molecule has 0 aromatic carbocycles. The zero-order valence-corrected chi connectivity index (χ0v) is 10.4. The van der Waals surface area contributed by atoms with Crippen LogP contribution in [0, 0.1) is 0 Å². The molecule has 0 aliphatic heterocycles. The van der Waals surface area contributed by atoms with E-state index in [9.17, 15) is 0 Å². The van der Waals surface area contributed by atoms with Gasteiger partial charge in [0, 0.05) is 0 Å². The predicted molar refractivity (Wildman–Crippen MR) is 48.9 cm³/mol. The van der Waals surface area contributed by atoms with Crippen LogP contribution in [0.2, 0.25) is 0 Å². The quantitative estimate of drug-likeness (QED) is 0.450. The van der Waals surface area contributed by atoms with Gasteiger partial charge in [-0.25, -0.2) is 0 Å². The van der Waals surface area contributed by atoms with Gasteiger partial charge in [-0.3, -0.25) is 0 Å². The Morgan fingerprint density at radius 1 is 1.11 bits per heavy atom. The van der Waals surface area contributed by atoms with Gasteiger partial charge in [-0.2, -0.15) is 0 Å². The second kappa shape index (κ2) is 5.21. The van der Waals surface area contributed by atoms with Gasteiger partial charge < -0.3 is 0 Å². The normalized spacial score (nSPS) is 14.2. The average Bonchev–Trinajstić information content (AvgIpc) is 1.95. The number of hydrogen-bond acceptors (Lipinski definition) is 1. The van der Waals surface area contributed by atoms with E-state index in [1.165, 1.54) is 18.5 Å². The van der Waals surface area contributed by atoms with E-state index in [1.807, 2.05) is 0 Å². The Hall–Kier alpha value is 1.52. The van der Waals surface area contributed by atoms with E-state index in [0.717, 1.165) is 0 Å². The van der Waals surface area contributed by atoms with E-state index in [4.69, 9.17) is 0 Å². The molecule has 0 aliphatic rings. The van der Waals surface area contributed by atoms with Crippen molar-refractivity contribution in [3.63, 3.8) is 0 Å². The van der Waals surface area contributed by atoms with Crippen LogP contribution in [0.4, 0.5) is 0 Å². The Balaban J connectivity index is 3.82. The van der Waals surface area contributed by atoms with Crippen LogP contribution in [0.5, 0.6) is 0 Å². The molecule has 0 amide bonds. The van der Waals surface area contributed by atoms with Crippen LogP contribution in [-0.2, 0) is 17.9 Å². The van der Waals surface area contributed by atoms with Crippen LogP contribution >= 0.6 is 15.2 Å². The van der Waals surface area contributed by atoms with Gasteiger partial charge in [0.2, 0.25) is 0 Å². The first kappa shape index (κ1) is 10.5. The minimum absolute atomic E-state index is 0.391. The summed E-state index contributed by atoms with van der Waals surface area (Å²) in [6.07, 6.45) is 4.35. The minimum atomic E-state index is -0.730. The monoisotopic (exact) mass is 349 g/mol. The average molecular weight is 349 g/mol. The summed E-state index contributed by atoms with van der Waals surface area (Å²) in [4.78, 5) is 0. The molecular weight excluding hydrogens is 332 g/mol. The number of rotatable bonds is 4. The zero-order valence-electron chi connectivity index (χ0n) is 6.37. The van der Waals surface area contributed by atoms with E-state index >= 15 is 0 Å². The fourth-order valence-corrected chi connectivity index (χ4v) is 12.8. The molecule has 9 heavy (non-hydrogen) atoms. The summed E-state index contributed by atoms with van der Waals surface area (Å²) in [5, 5.41) is -0.730. The van der Waals surface area contributed by atoms with Crippen molar-refractivity contribution in [2.24, 2.45) is 0 Å². The summed E-state index contributed by atoms with van der Waals surface area (Å²) in [6, 6.07) is 0. The van der Waals surface area contributed by atoms with Gasteiger partial charge in [0.05, 0.1) is 0 Å². The van der Waals surface area contributed by atoms with Crippen molar-refractivity contribution in [3.8, 4) is 0 Å². The van der Waals surface area contributed by atoms with Crippen molar-refractivity contribution in [2.45, 2.75) is 20.8 Å². The molecule has 0 saturated heterocycles. The Morgan fingerprint density at radius 2 is 1.44 bits per heavy atom. The fourth-order valence-electron chi connectivity index (χ4n) is 0.893. The maximum atomic E-state index is 4.50. The first-order valence-electron chi connectivity index (χ1n) is 3.47. The molecule has 0 heterocycles. The Labute approximate surface area is 72.2 Å². The summed E-state index contributed by atoms with van der Waals surface area (Å²) in [7, 11) is 4.50. The number of thiol groups is 1. The third-order valence-electron chi connectivity index (χ3n) is 1.96. The van der Waals surface area contributed by atoms with Crippen LogP contribution in [0.1, 0.15) is 20.8 Å². The van der Waals surface area contributed by atoms with Crippen LogP contribution < -0.4 is 0 Å². The molecule has 63 valence electrons. The third-order valence-corrected chi connectivity index (χ3v) is 22.9. The van der Waals surface area contributed by atoms with Crippen molar-refractivity contribution >= 4 is 15.2 Å². The molecule has 0 bridgehead atoms. The summed E-state index contributed by atoms with van der Waals surface area (Å²) in [5.74, 6) is 0. The van der Waals surface area contributed by atoms with Crippen molar-refractivity contribution in [1.82, 2.24) is 0 Å². The molecule has 0 N–H and O–H groups in total. The van der Waals surface area contributed by atoms with Crippen molar-refractivity contribution in [2.75, 3.05) is 18.5 Å². The molecule has 0 aromatic rings. The van der Waals surface area contributed by atoms with Gasteiger partial charge in [0.25, 0.3) is 0 Å². The molecule has 0 aromatic heterocycles.